The number of imidazole rings is 1. The van der Waals surface area contributed by atoms with Crippen LogP contribution in [0.2, 0.25) is 0 Å². The Bertz CT molecular complexity index is 775. The third-order valence-electron chi connectivity index (χ3n) is 3.44. The fourth-order valence-electron chi connectivity index (χ4n) is 2.39. The molecule has 0 fully saturated rings. The number of aryl methyl sites for hydroxylation is 2. The Labute approximate surface area is 128 Å². The van der Waals surface area contributed by atoms with Crippen molar-refractivity contribution in [1.82, 2.24) is 19.5 Å². The van der Waals surface area contributed by atoms with Crippen LogP contribution in [0.15, 0.2) is 30.6 Å². The molecule has 0 aliphatic rings. The largest absolute Gasteiger partial charge is 0.321 e. The fourth-order valence-corrected chi connectivity index (χ4v) is 2.56. The number of alkyl halides is 1. The molecule has 0 saturated carbocycles. The van der Waals surface area contributed by atoms with Crippen LogP contribution in [0.25, 0.3) is 11.0 Å². The number of benzene rings is 1. The summed E-state index contributed by atoms with van der Waals surface area (Å²) < 4.78 is 2.12. The first-order chi connectivity index (χ1) is 10.0. The van der Waals surface area contributed by atoms with Gasteiger partial charge in [0, 0.05) is 6.20 Å². The molecule has 0 aliphatic heterocycles. The lowest BCUT2D eigenvalue weighted by Crippen LogP contribution is -2.07. The van der Waals surface area contributed by atoms with Gasteiger partial charge in [0.25, 0.3) is 0 Å². The Balaban J connectivity index is 2.10. The van der Waals surface area contributed by atoms with E-state index in [-0.39, 0.29) is 5.38 Å². The average Bonchev–Trinajstić information content (AvgIpc) is 2.79. The quantitative estimate of drug-likeness (QED) is 0.691. The van der Waals surface area contributed by atoms with Gasteiger partial charge in [-0.25, -0.2) is 4.98 Å². The summed E-state index contributed by atoms with van der Waals surface area (Å²) in [4.78, 5) is 13.4. The minimum Gasteiger partial charge on any atom is -0.321 e. The Morgan fingerprint density at radius 2 is 2.00 bits per heavy atom. The molecule has 0 radical (unpaired) electrons. The molecule has 1 unspecified atom stereocenters. The first kappa shape index (κ1) is 14.0. The minimum atomic E-state index is -0.156. The normalized spacial score (nSPS) is 12.8. The zero-order valence-electron chi connectivity index (χ0n) is 12.3. The van der Waals surface area contributed by atoms with E-state index in [1.165, 1.54) is 5.56 Å². The van der Waals surface area contributed by atoms with E-state index in [1.54, 1.807) is 12.4 Å². The summed E-state index contributed by atoms with van der Waals surface area (Å²) in [6.45, 7) is 6.55. The summed E-state index contributed by atoms with van der Waals surface area (Å²) in [5, 5.41) is -0.156. The number of nitrogens with zero attached hydrogens (tertiary/aromatic N) is 4. The van der Waals surface area contributed by atoms with E-state index >= 15 is 0 Å². The first-order valence-electron chi connectivity index (χ1n) is 6.93. The average molecular weight is 301 g/mol. The Morgan fingerprint density at radius 3 is 2.67 bits per heavy atom. The zero-order chi connectivity index (χ0) is 15.0. The third kappa shape index (κ3) is 2.76. The van der Waals surface area contributed by atoms with E-state index in [9.17, 15) is 0 Å². The van der Waals surface area contributed by atoms with Crippen LogP contribution in [0, 0.1) is 13.8 Å². The summed E-state index contributed by atoms with van der Waals surface area (Å²) in [5.41, 5.74) is 5.05. The monoisotopic (exact) mass is 300 g/mol. The SMILES string of the molecule is Cc1ccc2c(c1)nc(C(C)Cl)n2Cc1cnc(C)cn1. The van der Waals surface area contributed by atoms with Gasteiger partial charge in [0.1, 0.15) is 5.82 Å². The predicted octanol–water partition coefficient (Wildman–Crippen LogP) is 3.79. The molecule has 4 nitrogen and oxygen atoms in total. The van der Waals surface area contributed by atoms with Crippen LogP contribution < -0.4 is 0 Å². The van der Waals surface area contributed by atoms with Gasteiger partial charge in [0.2, 0.25) is 0 Å². The molecule has 2 aromatic heterocycles. The molecule has 5 heteroatoms. The lowest BCUT2D eigenvalue weighted by molar-refractivity contribution is 0.722. The Morgan fingerprint density at radius 1 is 1.19 bits per heavy atom. The highest BCUT2D eigenvalue weighted by atomic mass is 35.5. The molecule has 0 aliphatic carbocycles. The van der Waals surface area contributed by atoms with Gasteiger partial charge in [-0.1, -0.05) is 6.07 Å². The molecule has 1 atom stereocenters. The lowest BCUT2D eigenvalue weighted by Gasteiger charge is -2.10. The fraction of sp³-hybridized carbons (Fsp3) is 0.312. The Hall–Kier alpha value is -1.94. The number of halogens is 1. The number of hydrogen-bond acceptors (Lipinski definition) is 3. The molecule has 0 N–H and O–H groups in total. The standard InChI is InChI=1S/C16H17ClN4/c1-10-4-5-15-14(6-10)20-16(12(3)17)21(15)9-13-8-18-11(2)7-19-13/h4-8,12H,9H2,1-3H3. The van der Waals surface area contributed by atoms with Gasteiger partial charge >= 0.3 is 0 Å². The van der Waals surface area contributed by atoms with Crippen molar-refractivity contribution in [3.8, 4) is 0 Å². The van der Waals surface area contributed by atoms with E-state index in [1.807, 2.05) is 13.8 Å². The second-order valence-corrected chi connectivity index (χ2v) is 5.97. The van der Waals surface area contributed by atoms with E-state index < -0.39 is 0 Å². The van der Waals surface area contributed by atoms with Crippen LogP contribution in [-0.4, -0.2) is 19.5 Å². The van der Waals surface area contributed by atoms with Crippen molar-refractivity contribution in [1.29, 1.82) is 0 Å². The molecule has 2 heterocycles. The van der Waals surface area contributed by atoms with Gasteiger partial charge in [0.15, 0.2) is 0 Å². The number of rotatable bonds is 3. The molecule has 0 bridgehead atoms. The molecule has 21 heavy (non-hydrogen) atoms. The number of hydrogen-bond donors (Lipinski definition) is 0. The maximum Gasteiger partial charge on any atom is 0.128 e. The third-order valence-corrected chi connectivity index (χ3v) is 3.64. The van der Waals surface area contributed by atoms with Crippen molar-refractivity contribution >= 4 is 22.6 Å². The van der Waals surface area contributed by atoms with E-state index in [2.05, 4.69) is 44.6 Å². The van der Waals surface area contributed by atoms with Crippen LogP contribution in [-0.2, 0) is 6.54 Å². The molecule has 0 amide bonds. The number of fused-ring (bicyclic) bond motifs is 1. The molecule has 1 aromatic carbocycles. The second-order valence-electron chi connectivity index (χ2n) is 5.31. The van der Waals surface area contributed by atoms with Gasteiger partial charge in [-0.15, -0.1) is 11.6 Å². The first-order valence-corrected chi connectivity index (χ1v) is 7.36. The molecular weight excluding hydrogens is 284 g/mol. The van der Waals surface area contributed by atoms with Crippen LogP contribution in [0.3, 0.4) is 0 Å². The number of aromatic nitrogens is 4. The second kappa shape index (κ2) is 5.45. The van der Waals surface area contributed by atoms with Crippen molar-refractivity contribution in [2.45, 2.75) is 32.7 Å². The van der Waals surface area contributed by atoms with Crippen molar-refractivity contribution in [2.24, 2.45) is 0 Å². The lowest BCUT2D eigenvalue weighted by atomic mass is 10.2. The molecule has 3 rings (SSSR count). The molecule has 3 aromatic rings. The zero-order valence-corrected chi connectivity index (χ0v) is 13.1. The highest BCUT2D eigenvalue weighted by molar-refractivity contribution is 6.20. The summed E-state index contributed by atoms with van der Waals surface area (Å²) in [6.07, 6.45) is 3.58. The minimum absolute atomic E-state index is 0.156. The van der Waals surface area contributed by atoms with Gasteiger partial charge in [-0.3, -0.25) is 9.97 Å². The summed E-state index contributed by atoms with van der Waals surface area (Å²) in [6, 6.07) is 6.25. The van der Waals surface area contributed by atoms with Crippen molar-refractivity contribution < 1.29 is 0 Å². The van der Waals surface area contributed by atoms with Crippen LogP contribution in [0.4, 0.5) is 0 Å². The summed E-state index contributed by atoms with van der Waals surface area (Å²) >= 11 is 6.29. The molecule has 0 spiro atoms. The van der Waals surface area contributed by atoms with Gasteiger partial charge in [-0.05, 0) is 38.5 Å². The van der Waals surface area contributed by atoms with E-state index in [4.69, 9.17) is 11.6 Å². The van der Waals surface area contributed by atoms with E-state index in [0.717, 1.165) is 28.2 Å². The predicted molar refractivity (Wildman–Crippen MR) is 84.6 cm³/mol. The summed E-state index contributed by atoms with van der Waals surface area (Å²) in [7, 11) is 0. The van der Waals surface area contributed by atoms with Gasteiger partial charge in [0.05, 0.1) is 40.5 Å². The summed E-state index contributed by atoms with van der Waals surface area (Å²) in [5.74, 6) is 0.861. The van der Waals surface area contributed by atoms with Crippen molar-refractivity contribution in [3.63, 3.8) is 0 Å². The maximum absolute atomic E-state index is 6.29. The van der Waals surface area contributed by atoms with Crippen molar-refractivity contribution in [2.75, 3.05) is 0 Å². The van der Waals surface area contributed by atoms with Crippen molar-refractivity contribution in [3.05, 3.63) is 53.4 Å². The maximum atomic E-state index is 6.29. The highest BCUT2D eigenvalue weighted by Gasteiger charge is 2.15. The highest BCUT2D eigenvalue weighted by Crippen LogP contribution is 2.25. The topological polar surface area (TPSA) is 43.6 Å². The Kier molecular flexibility index (Phi) is 3.64. The van der Waals surface area contributed by atoms with Crippen LogP contribution in [0.1, 0.15) is 35.1 Å². The molecule has 108 valence electrons. The molecule has 0 saturated heterocycles. The smallest absolute Gasteiger partial charge is 0.128 e. The van der Waals surface area contributed by atoms with Gasteiger partial charge < -0.3 is 4.57 Å². The molecular formula is C16H17ClN4. The van der Waals surface area contributed by atoms with Crippen LogP contribution in [0.5, 0.6) is 0 Å². The van der Waals surface area contributed by atoms with Crippen LogP contribution >= 0.6 is 11.6 Å². The van der Waals surface area contributed by atoms with E-state index in [0.29, 0.717) is 6.54 Å². The van der Waals surface area contributed by atoms with Gasteiger partial charge in [-0.2, -0.15) is 0 Å².